The number of nitrogens with one attached hydrogen (secondary N) is 1. The molecule has 0 aromatic heterocycles. The van der Waals surface area contributed by atoms with E-state index in [0.717, 1.165) is 22.8 Å². The summed E-state index contributed by atoms with van der Waals surface area (Å²) < 4.78 is 0. The van der Waals surface area contributed by atoms with Gasteiger partial charge in [0.25, 0.3) is 5.91 Å². The molecule has 3 rings (SSSR count). The van der Waals surface area contributed by atoms with E-state index in [-0.39, 0.29) is 5.91 Å². The zero-order valence-electron chi connectivity index (χ0n) is 14.4. The zero-order chi connectivity index (χ0) is 16.4. The van der Waals surface area contributed by atoms with Gasteiger partial charge in [0.05, 0.1) is 0 Å². The fourth-order valence-corrected chi connectivity index (χ4v) is 4.04. The number of fused-ring (bicyclic) bond motifs is 1. The lowest BCUT2D eigenvalue weighted by atomic mass is 9.74. The highest BCUT2D eigenvalue weighted by atomic mass is 16.1. The Balaban J connectivity index is 1.84. The molecule has 1 fully saturated rings. The van der Waals surface area contributed by atoms with Crippen LogP contribution >= 0.6 is 0 Å². The molecule has 0 heterocycles. The van der Waals surface area contributed by atoms with E-state index < -0.39 is 0 Å². The first-order chi connectivity index (χ1) is 11.1. The number of carbonyl (C=O) groups is 1. The molecular formula is C21H27NO. The summed E-state index contributed by atoms with van der Waals surface area (Å²) in [5.74, 6) is 1.97. The van der Waals surface area contributed by atoms with Gasteiger partial charge in [-0.15, -0.1) is 0 Å². The average Bonchev–Trinajstić information content (AvgIpc) is 2.54. The van der Waals surface area contributed by atoms with Gasteiger partial charge in [0.2, 0.25) is 0 Å². The Labute approximate surface area is 139 Å². The first kappa shape index (κ1) is 16.0. The van der Waals surface area contributed by atoms with Gasteiger partial charge < -0.3 is 5.32 Å². The maximum absolute atomic E-state index is 12.9. The van der Waals surface area contributed by atoms with Gasteiger partial charge in [0.15, 0.2) is 0 Å². The van der Waals surface area contributed by atoms with Gasteiger partial charge in [-0.3, -0.25) is 4.79 Å². The highest BCUT2D eigenvalue weighted by Crippen LogP contribution is 2.33. The molecule has 23 heavy (non-hydrogen) atoms. The molecule has 1 aliphatic carbocycles. The van der Waals surface area contributed by atoms with Crippen LogP contribution in [0, 0.1) is 17.8 Å². The van der Waals surface area contributed by atoms with E-state index in [4.69, 9.17) is 0 Å². The van der Waals surface area contributed by atoms with Gasteiger partial charge in [-0.05, 0) is 47.4 Å². The van der Waals surface area contributed by atoms with Crippen LogP contribution in [0.2, 0.25) is 0 Å². The molecule has 0 unspecified atom stereocenters. The van der Waals surface area contributed by atoms with Crippen molar-refractivity contribution in [3.05, 3.63) is 48.0 Å². The first-order valence-electron chi connectivity index (χ1n) is 8.85. The highest BCUT2D eigenvalue weighted by Gasteiger charge is 2.32. The van der Waals surface area contributed by atoms with Crippen LogP contribution in [0.4, 0.5) is 0 Å². The van der Waals surface area contributed by atoms with Crippen LogP contribution in [0.5, 0.6) is 0 Å². The predicted octanol–water partition coefficient (Wildman–Crippen LogP) is 5.03. The number of hydrogen-bond acceptors (Lipinski definition) is 1. The van der Waals surface area contributed by atoms with E-state index in [9.17, 15) is 4.79 Å². The van der Waals surface area contributed by atoms with Crippen LogP contribution in [-0.2, 0) is 0 Å². The second kappa shape index (κ2) is 6.74. The van der Waals surface area contributed by atoms with Crippen LogP contribution in [0.25, 0.3) is 10.8 Å². The average molecular weight is 309 g/mol. The molecule has 1 saturated carbocycles. The smallest absolute Gasteiger partial charge is 0.252 e. The molecule has 0 bridgehead atoms. The number of hydrogen-bond donors (Lipinski definition) is 1. The Morgan fingerprint density at radius 3 is 2.61 bits per heavy atom. The summed E-state index contributed by atoms with van der Waals surface area (Å²) >= 11 is 0. The minimum atomic E-state index is 0.0755. The van der Waals surface area contributed by atoms with E-state index in [1.54, 1.807) is 0 Å². The molecule has 3 atom stereocenters. The standard InChI is InChI=1S/C21H27NO/c1-14(2)17-12-11-15(3)13-20(17)22-21(23)19-10-6-8-16-7-4-5-9-18(16)19/h4-10,14-15,17,20H,11-13H2,1-3H3,(H,22,23)/t15-,17+,20-/m0/s1. The number of rotatable bonds is 3. The van der Waals surface area contributed by atoms with Crippen molar-refractivity contribution in [3.63, 3.8) is 0 Å². The maximum Gasteiger partial charge on any atom is 0.252 e. The third kappa shape index (κ3) is 3.41. The van der Waals surface area contributed by atoms with Gasteiger partial charge in [-0.25, -0.2) is 0 Å². The fourth-order valence-electron chi connectivity index (χ4n) is 4.04. The van der Waals surface area contributed by atoms with Crippen molar-refractivity contribution in [2.45, 2.75) is 46.1 Å². The van der Waals surface area contributed by atoms with E-state index in [0.29, 0.717) is 23.8 Å². The molecular weight excluding hydrogens is 282 g/mol. The summed E-state index contributed by atoms with van der Waals surface area (Å²) in [6.45, 7) is 6.85. The van der Waals surface area contributed by atoms with Gasteiger partial charge in [0, 0.05) is 11.6 Å². The summed E-state index contributed by atoms with van der Waals surface area (Å²) in [5, 5.41) is 5.51. The topological polar surface area (TPSA) is 29.1 Å². The summed E-state index contributed by atoms with van der Waals surface area (Å²) in [5.41, 5.74) is 0.795. The minimum Gasteiger partial charge on any atom is -0.349 e. The SMILES string of the molecule is CC(C)[C@H]1CC[C@H](C)C[C@@H]1NC(=O)c1cccc2ccccc12. The molecule has 1 N–H and O–H groups in total. The summed E-state index contributed by atoms with van der Waals surface area (Å²) in [6, 6.07) is 14.4. The Morgan fingerprint density at radius 2 is 1.83 bits per heavy atom. The Hall–Kier alpha value is -1.83. The summed E-state index contributed by atoms with van der Waals surface area (Å²) in [6.07, 6.45) is 3.60. The Morgan fingerprint density at radius 1 is 1.09 bits per heavy atom. The molecule has 0 spiro atoms. The van der Waals surface area contributed by atoms with E-state index >= 15 is 0 Å². The largest absolute Gasteiger partial charge is 0.349 e. The van der Waals surface area contributed by atoms with Crippen molar-refractivity contribution in [1.82, 2.24) is 5.32 Å². The molecule has 2 heteroatoms. The van der Waals surface area contributed by atoms with Crippen LogP contribution in [0.1, 0.15) is 50.4 Å². The molecule has 2 aromatic carbocycles. The number of benzene rings is 2. The van der Waals surface area contributed by atoms with Crippen molar-refractivity contribution >= 4 is 16.7 Å². The van der Waals surface area contributed by atoms with E-state index in [1.807, 2.05) is 30.3 Å². The summed E-state index contributed by atoms with van der Waals surface area (Å²) in [4.78, 5) is 12.9. The number of amides is 1. The third-order valence-corrected chi connectivity index (χ3v) is 5.37. The Kier molecular flexibility index (Phi) is 4.70. The second-order valence-corrected chi connectivity index (χ2v) is 7.43. The normalized spacial score (nSPS) is 24.8. The predicted molar refractivity (Wildman–Crippen MR) is 96.5 cm³/mol. The maximum atomic E-state index is 12.9. The van der Waals surface area contributed by atoms with Crippen molar-refractivity contribution in [3.8, 4) is 0 Å². The van der Waals surface area contributed by atoms with E-state index in [1.165, 1.54) is 12.8 Å². The van der Waals surface area contributed by atoms with Gasteiger partial charge in [-0.2, -0.15) is 0 Å². The molecule has 0 radical (unpaired) electrons. The van der Waals surface area contributed by atoms with Crippen LogP contribution in [-0.4, -0.2) is 11.9 Å². The number of carbonyl (C=O) groups excluding carboxylic acids is 1. The van der Waals surface area contributed by atoms with Crippen molar-refractivity contribution < 1.29 is 4.79 Å². The lowest BCUT2D eigenvalue weighted by molar-refractivity contribution is 0.0869. The van der Waals surface area contributed by atoms with Gasteiger partial charge in [-0.1, -0.05) is 63.6 Å². The quantitative estimate of drug-likeness (QED) is 0.846. The van der Waals surface area contributed by atoms with E-state index in [2.05, 4.69) is 38.2 Å². The fraction of sp³-hybridized carbons (Fsp3) is 0.476. The van der Waals surface area contributed by atoms with Crippen molar-refractivity contribution in [2.75, 3.05) is 0 Å². The molecule has 2 nitrogen and oxygen atoms in total. The third-order valence-electron chi connectivity index (χ3n) is 5.37. The molecule has 1 aliphatic rings. The van der Waals surface area contributed by atoms with Crippen LogP contribution in [0.15, 0.2) is 42.5 Å². The lowest BCUT2D eigenvalue weighted by Gasteiger charge is -2.37. The first-order valence-corrected chi connectivity index (χ1v) is 8.85. The zero-order valence-corrected chi connectivity index (χ0v) is 14.4. The van der Waals surface area contributed by atoms with Gasteiger partial charge >= 0.3 is 0 Å². The minimum absolute atomic E-state index is 0.0755. The summed E-state index contributed by atoms with van der Waals surface area (Å²) in [7, 11) is 0. The molecule has 2 aromatic rings. The molecule has 0 aliphatic heterocycles. The molecule has 1 amide bonds. The molecule has 0 saturated heterocycles. The highest BCUT2D eigenvalue weighted by molar-refractivity contribution is 6.07. The Bertz CT molecular complexity index is 686. The van der Waals surface area contributed by atoms with Crippen molar-refractivity contribution in [1.29, 1.82) is 0 Å². The van der Waals surface area contributed by atoms with Crippen molar-refractivity contribution in [2.24, 2.45) is 17.8 Å². The van der Waals surface area contributed by atoms with Crippen LogP contribution < -0.4 is 5.32 Å². The molecule has 122 valence electrons. The second-order valence-electron chi connectivity index (χ2n) is 7.43. The lowest BCUT2D eigenvalue weighted by Crippen LogP contribution is -2.45. The van der Waals surface area contributed by atoms with Crippen LogP contribution in [0.3, 0.4) is 0 Å². The van der Waals surface area contributed by atoms with Gasteiger partial charge in [0.1, 0.15) is 0 Å². The monoisotopic (exact) mass is 309 g/mol.